The van der Waals surface area contributed by atoms with Crippen molar-refractivity contribution < 1.29 is 13.9 Å². The lowest BCUT2D eigenvalue weighted by Crippen LogP contribution is -2.23. The van der Waals surface area contributed by atoms with Crippen molar-refractivity contribution in [2.45, 2.75) is 49.5 Å². The van der Waals surface area contributed by atoms with E-state index in [2.05, 4.69) is 22.6 Å². The van der Waals surface area contributed by atoms with E-state index in [0.29, 0.717) is 23.7 Å². The molecule has 1 amide bonds. The summed E-state index contributed by atoms with van der Waals surface area (Å²) < 4.78 is 20.5. The number of anilines is 1. The van der Waals surface area contributed by atoms with Gasteiger partial charge in [0.05, 0.1) is 12.6 Å². The van der Waals surface area contributed by atoms with E-state index < -0.39 is 0 Å². The molecule has 1 aromatic heterocycles. The molecule has 0 saturated carbocycles. The molecule has 1 aliphatic rings. The van der Waals surface area contributed by atoms with Crippen molar-refractivity contribution in [1.29, 1.82) is 0 Å². The number of carbonyl (C=O) groups is 1. The Morgan fingerprint density at radius 1 is 1.23 bits per heavy atom. The van der Waals surface area contributed by atoms with Crippen LogP contribution >= 0.6 is 11.8 Å². The number of carbonyl (C=O) groups excluding carboxylic acids is 1. The summed E-state index contributed by atoms with van der Waals surface area (Å²) in [7, 11) is 0. The maximum absolute atomic E-state index is 13.2. The van der Waals surface area contributed by atoms with Crippen molar-refractivity contribution in [3.05, 3.63) is 71.3 Å². The molecular formula is C23H25FN4O2S. The standard InChI is InChI=1S/C23H25FN4O2S/c1-2-16-5-9-18(10-6-16)25-23(29)22-21(15-31-20-11-7-17(24)8-12-20)26-27-28(22)14-19-4-3-13-30-19/h5-12,19H,2-4,13-15H2,1H3,(H,25,29). The number of rotatable bonds is 8. The molecule has 2 heterocycles. The summed E-state index contributed by atoms with van der Waals surface area (Å²) in [5, 5.41) is 11.5. The molecule has 2 aromatic carbocycles. The molecule has 0 spiro atoms. The zero-order valence-electron chi connectivity index (χ0n) is 17.4. The number of nitrogens with zero attached hydrogens (tertiary/aromatic N) is 3. The van der Waals surface area contributed by atoms with Gasteiger partial charge >= 0.3 is 0 Å². The van der Waals surface area contributed by atoms with Gasteiger partial charge in [0.15, 0.2) is 5.69 Å². The first-order valence-corrected chi connectivity index (χ1v) is 11.4. The molecule has 4 rings (SSSR count). The predicted molar refractivity (Wildman–Crippen MR) is 119 cm³/mol. The van der Waals surface area contributed by atoms with E-state index in [0.717, 1.165) is 36.5 Å². The highest BCUT2D eigenvalue weighted by molar-refractivity contribution is 7.98. The molecule has 0 bridgehead atoms. The Kier molecular flexibility index (Phi) is 6.99. The highest BCUT2D eigenvalue weighted by Crippen LogP contribution is 2.25. The van der Waals surface area contributed by atoms with Gasteiger partial charge in [0, 0.05) is 22.9 Å². The van der Waals surface area contributed by atoms with Crippen LogP contribution in [-0.2, 0) is 23.5 Å². The average Bonchev–Trinajstić information content (AvgIpc) is 3.44. The smallest absolute Gasteiger partial charge is 0.275 e. The lowest BCUT2D eigenvalue weighted by atomic mass is 10.1. The first kappa shape index (κ1) is 21.5. The summed E-state index contributed by atoms with van der Waals surface area (Å²) in [6, 6.07) is 14.1. The van der Waals surface area contributed by atoms with Gasteiger partial charge in [-0.3, -0.25) is 4.79 Å². The second kappa shape index (κ2) is 10.1. The highest BCUT2D eigenvalue weighted by atomic mass is 32.2. The molecule has 6 nitrogen and oxygen atoms in total. The molecule has 0 radical (unpaired) electrons. The van der Waals surface area contributed by atoms with Gasteiger partial charge < -0.3 is 10.1 Å². The monoisotopic (exact) mass is 440 g/mol. The van der Waals surface area contributed by atoms with Gasteiger partial charge in [-0.15, -0.1) is 16.9 Å². The minimum Gasteiger partial charge on any atom is -0.376 e. The number of ether oxygens (including phenoxy) is 1. The minimum absolute atomic E-state index is 0.0367. The highest BCUT2D eigenvalue weighted by Gasteiger charge is 2.24. The molecule has 1 aliphatic heterocycles. The van der Waals surface area contributed by atoms with Crippen LogP contribution in [0.4, 0.5) is 10.1 Å². The number of hydrogen-bond acceptors (Lipinski definition) is 5. The quantitative estimate of drug-likeness (QED) is 0.514. The number of aromatic nitrogens is 3. The normalized spacial score (nSPS) is 15.9. The second-order valence-corrected chi connectivity index (χ2v) is 8.50. The van der Waals surface area contributed by atoms with Crippen LogP contribution in [0.3, 0.4) is 0 Å². The summed E-state index contributed by atoms with van der Waals surface area (Å²) >= 11 is 1.49. The summed E-state index contributed by atoms with van der Waals surface area (Å²) in [5.74, 6) is -0.0720. The minimum atomic E-state index is -0.277. The number of halogens is 1. The Labute approximate surface area is 185 Å². The van der Waals surface area contributed by atoms with Gasteiger partial charge in [0.2, 0.25) is 0 Å². The third-order valence-corrected chi connectivity index (χ3v) is 6.25. The Bertz CT molecular complexity index is 1020. The summed E-state index contributed by atoms with van der Waals surface area (Å²) in [6.45, 7) is 3.32. The maximum atomic E-state index is 13.2. The second-order valence-electron chi connectivity index (χ2n) is 7.45. The number of amides is 1. The van der Waals surface area contributed by atoms with Crippen LogP contribution in [0.15, 0.2) is 53.4 Å². The van der Waals surface area contributed by atoms with Crippen LogP contribution in [0, 0.1) is 5.82 Å². The van der Waals surface area contributed by atoms with Crippen LogP contribution in [0.2, 0.25) is 0 Å². The third kappa shape index (κ3) is 5.51. The molecule has 1 atom stereocenters. The average molecular weight is 441 g/mol. The van der Waals surface area contributed by atoms with E-state index in [1.165, 1.54) is 29.5 Å². The predicted octanol–water partition coefficient (Wildman–Crippen LogP) is 4.70. The molecule has 31 heavy (non-hydrogen) atoms. The first-order valence-electron chi connectivity index (χ1n) is 10.4. The number of nitrogens with one attached hydrogen (secondary N) is 1. The van der Waals surface area contributed by atoms with Crippen molar-refractivity contribution in [3.8, 4) is 0 Å². The molecule has 162 valence electrons. The van der Waals surface area contributed by atoms with E-state index >= 15 is 0 Å². The van der Waals surface area contributed by atoms with Gasteiger partial charge in [0.25, 0.3) is 5.91 Å². The fourth-order valence-electron chi connectivity index (χ4n) is 3.50. The molecule has 1 unspecified atom stereocenters. The number of hydrogen-bond donors (Lipinski definition) is 1. The van der Waals surface area contributed by atoms with E-state index in [1.807, 2.05) is 24.3 Å². The lowest BCUT2D eigenvalue weighted by Gasteiger charge is -2.13. The molecular weight excluding hydrogens is 415 g/mol. The van der Waals surface area contributed by atoms with Gasteiger partial charge in [-0.25, -0.2) is 9.07 Å². The number of benzene rings is 2. The van der Waals surface area contributed by atoms with Gasteiger partial charge in [-0.2, -0.15) is 0 Å². The van der Waals surface area contributed by atoms with Crippen LogP contribution < -0.4 is 5.32 Å². The Hall–Kier alpha value is -2.71. The first-order chi connectivity index (χ1) is 15.1. The fourth-order valence-corrected chi connectivity index (χ4v) is 4.33. The van der Waals surface area contributed by atoms with Crippen molar-refractivity contribution >= 4 is 23.4 Å². The van der Waals surface area contributed by atoms with Crippen molar-refractivity contribution in [3.63, 3.8) is 0 Å². The van der Waals surface area contributed by atoms with Gasteiger partial charge in [-0.1, -0.05) is 24.3 Å². The molecule has 1 saturated heterocycles. The van der Waals surface area contributed by atoms with E-state index in [9.17, 15) is 9.18 Å². The summed E-state index contributed by atoms with van der Waals surface area (Å²) in [5.41, 5.74) is 2.96. The van der Waals surface area contributed by atoms with Crippen molar-refractivity contribution in [2.24, 2.45) is 0 Å². The van der Waals surface area contributed by atoms with E-state index in [1.54, 1.807) is 16.8 Å². The summed E-state index contributed by atoms with van der Waals surface area (Å²) in [4.78, 5) is 14.1. The molecule has 8 heteroatoms. The topological polar surface area (TPSA) is 69.0 Å². The largest absolute Gasteiger partial charge is 0.376 e. The molecule has 0 aliphatic carbocycles. The Balaban J connectivity index is 1.54. The zero-order valence-corrected chi connectivity index (χ0v) is 18.2. The van der Waals surface area contributed by atoms with Crippen LogP contribution in [0.5, 0.6) is 0 Å². The maximum Gasteiger partial charge on any atom is 0.275 e. The summed E-state index contributed by atoms with van der Waals surface area (Å²) in [6.07, 6.45) is 2.93. The number of aryl methyl sites for hydroxylation is 1. The van der Waals surface area contributed by atoms with Crippen LogP contribution in [-0.4, -0.2) is 33.6 Å². The Morgan fingerprint density at radius 2 is 2.00 bits per heavy atom. The van der Waals surface area contributed by atoms with Gasteiger partial charge in [-0.05, 0) is 61.2 Å². The van der Waals surface area contributed by atoms with Crippen LogP contribution in [0.25, 0.3) is 0 Å². The zero-order chi connectivity index (χ0) is 21.6. The molecule has 3 aromatic rings. The van der Waals surface area contributed by atoms with Crippen molar-refractivity contribution in [1.82, 2.24) is 15.0 Å². The fraction of sp³-hybridized carbons (Fsp3) is 0.348. The number of thioether (sulfide) groups is 1. The van der Waals surface area contributed by atoms with Crippen LogP contribution in [0.1, 0.15) is 41.5 Å². The van der Waals surface area contributed by atoms with Gasteiger partial charge in [0.1, 0.15) is 11.5 Å². The Morgan fingerprint density at radius 3 is 2.68 bits per heavy atom. The lowest BCUT2D eigenvalue weighted by molar-refractivity contribution is 0.0899. The SMILES string of the molecule is CCc1ccc(NC(=O)c2c(CSc3ccc(F)cc3)nnn2CC2CCCO2)cc1. The van der Waals surface area contributed by atoms with Crippen molar-refractivity contribution in [2.75, 3.05) is 11.9 Å². The molecule has 1 N–H and O–H groups in total. The third-order valence-electron chi connectivity index (χ3n) is 5.23. The molecule has 1 fully saturated rings. The van der Waals surface area contributed by atoms with E-state index in [-0.39, 0.29) is 17.8 Å². The van der Waals surface area contributed by atoms with E-state index in [4.69, 9.17) is 4.74 Å².